The number of nitrogens with two attached hydrogens (primary N) is 1. The van der Waals surface area contributed by atoms with Crippen molar-refractivity contribution in [3.63, 3.8) is 0 Å². The van der Waals surface area contributed by atoms with Crippen LogP contribution < -0.4 is 5.73 Å². The van der Waals surface area contributed by atoms with E-state index in [1.165, 1.54) is 0 Å². The topological polar surface area (TPSA) is 49.8 Å². The van der Waals surface area contributed by atoms with Crippen molar-refractivity contribution < 1.29 is 0 Å². The van der Waals surface area contributed by atoms with Crippen LogP contribution in [0.4, 0.5) is 0 Å². The number of hydrogen-bond donors (Lipinski definition) is 1. The van der Waals surface area contributed by atoms with E-state index in [9.17, 15) is 0 Å². The van der Waals surface area contributed by atoms with E-state index in [4.69, 9.17) is 11.0 Å². The number of benzene rings is 1. The van der Waals surface area contributed by atoms with E-state index in [1.807, 2.05) is 54.6 Å². The van der Waals surface area contributed by atoms with Gasteiger partial charge in [0.15, 0.2) is 0 Å². The highest BCUT2D eigenvalue weighted by atomic mass is 14.7. The van der Waals surface area contributed by atoms with E-state index >= 15 is 0 Å². The van der Waals surface area contributed by atoms with Crippen LogP contribution in [-0.2, 0) is 5.41 Å². The molecule has 0 saturated heterocycles. The standard InChI is InChI=1S/C14H14N2/c15-11-10-14(9-5-4-8-13(14)16)12-6-2-1-3-7-12/h1-9,13H,10,16H2. The molecule has 1 aliphatic carbocycles. The zero-order chi connectivity index (χ0) is 11.4. The number of nitriles is 1. The van der Waals surface area contributed by atoms with E-state index in [1.54, 1.807) is 0 Å². The van der Waals surface area contributed by atoms with Gasteiger partial charge in [0.05, 0.1) is 12.5 Å². The number of allylic oxidation sites excluding steroid dienone is 2. The molecule has 0 amide bonds. The summed E-state index contributed by atoms with van der Waals surface area (Å²) in [5.74, 6) is 0. The van der Waals surface area contributed by atoms with Gasteiger partial charge in [0.25, 0.3) is 0 Å². The Kier molecular flexibility index (Phi) is 2.89. The fraction of sp³-hybridized carbons (Fsp3) is 0.214. The second-order valence-corrected chi connectivity index (χ2v) is 4.01. The summed E-state index contributed by atoms with van der Waals surface area (Å²) in [7, 11) is 0. The molecule has 0 heterocycles. The van der Waals surface area contributed by atoms with Crippen molar-refractivity contribution in [2.45, 2.75) is 17.9 Å². The summed E-state index contributed by atoms with van der Waals surface area (Å²) in [6, 6.07) is 12.1. The minimum atomic E-state index is -0.370. The van der Waals surface area contributed by atoms with Crippen LogP contribution in [-0.4, -0.2) is 6.04 Å². The lowest BCUT2D eigenvalue weighted by Gasteiger charge is -2.35. The van der Waals surface area contributed by atoms with Gasteiger partial charge in [-0.3, -0.25) is 0 Å². The third kappa shape index (κ3) is 1.66. The zero-order valence-electron chi connectivity index (χ0n) is 9.01. The highest BCUT2D eigenvalue weighted by Crippen LogP contribution is 2.34. The van der Waals surface area contributed by atoms with Crippen LogP contribution in [0.1, 0.15) is 12.0 Å². The first-order valence-electron chi connectivity index (χ1n) is 5.34. The SMILES string of the molecule is N#CCC1(c2ccccc2)C=CC=CC1N. The summed E-state index contributed by atoms with van der Waals surface area (Å²) in [6.45, 7) is 0. The van der Waals surface area contributed by atoms with Gasteiger partial charge in [-0.25, -0.2) is 0 Å². The number of nitrogens with zero attached hydrogens (tertiary/aromatic N) is 1. The Balaban J connectivity index is 2.49. The van der Waals surface area contributed by atoms with Crippen molar-refractivity contribution in [2.24, 2.45) is 5.73 Å². The molecule has 2 atom stereocenters. The lowest BCUT2D eigenvalue weighted by molar-refractivity contribution is 0.482. The molecule has 2 unspecified atom stereocenters. The Morgan fingerprint density at radius 1 is 1.25 bits per heavy atom. The molecular weight excluding hydrogens is 196 g/mol. The van der Waals surface area contributed by atoms with Crippen LogP contribution in [0.3, 0.4) is 0 Å². The largest absolute Gasteiger partial charge is 0.323 e. The van der Waals surface area contributed by atoms with Gasteiger partial charge < -0.3 is 5.73 Å². The third-order valence-corrected chi connectivity index (χ3v) is 3.10. The molecule has 0 aromatic heterocycles. The average molecular weight is 210 g/mol. The molecule has 16 heavy (non-hydrogen) atoms. The maximum absolute atomic E-state index is 9.00. The van der Waals surface area contributed by atoms with E-state index in [-0.39, 0.29) is 11.5 Å². The third-order valence-electron chi connectivity index (χ3n) is 3.10. The summed E-state index contributed by atoms with van der Waals surface area (Å²) in [5, 5.41) is 9.00. The van der Waals surface area contributed by atoms with Crippen LogP contribution in [0.25, 0.3) is 0 Å². The smallest absolute Gasteiger partial charge is 0.0635 e. The summed E-state index contributed by atoms with van der Waals surface area (Å²) < 4.78 is 0. The molecule has 0 aliphatic heterocycles. The molecule has 2 rings (SSSR count). The summed E-state index contributed by atoms with van der Waals surface area (Å²) >= 11 is 0. The maximum Gasteiger partial charge on any atom is 0.0635 e. The Bertz CT molecular complexity index is 453. The molecule has 1 aromatic rings. The molecule has 2 nitrogen and oxygen atoms in total. The quantitative estimate of drug-likeness (QED) is 0.814. The fourth-order valence-corrected chi connectivity index (χ4v) is 2.14. The Hall–Kier alpha value is -1.85. The van der Waals surface area contributed by atoms with Gasteiger partial charge in [0.1, 0.15) is 0 Å². The van der Waals surface area contributed by atoms with E-state index in [0.29, 0.717) is 6.42 Å². The molecule has 0 spiro atoms. The van der Waals surface area contributed by atoms with Gasteiger partial charge >= 0.3 is 0 Å². The Morgan fingerprint density at radius 2 is 2.00 bits per heavy atom. The second kappa shape index (κ2) is 4.34. The molecule has 80 valence electrons. The van der Waals surface area contributed by atoms with Gasteiger partial charge in [-0.15, -0.1) is 0 Å². The van der Waals surface area contributed by atoms with Crippen LogP contribution in [0.5, 0.6) is 0 Å². The van der Waals surface area contributed by atoms with Crippen molar-refractivity contribution >= 4 is 0 Å². The minimum absolute atomic E-state index is 0.139. The second-order valence-electron chi connectivity index (χ2n) is 4.01. The van der Waals surface area contributed by atoms with Crippen molar-refractivity contribution in [1.82, 2.24) is 0 Å². The monoisotopic (exact) mass is 210 g/mol. The molecule has 1 aliphatic rings. The highest BCUT2D eigenvalue weighted by Gasteiger charge is 2.35. The van der Waals surface area contributed by atoms with Gasteiger partial charge in [-0.05, 0) is 5.56 Å². The van der Waals surface area contributed by atoms with E-state index in [2.05, 4.69) is 6.07 Å². The lowest BCUT2D eigenvalue weighted by Crippen LogP contribution is -2.43. The van der Waals surface area contributed by atoms with Crippen molar-refractivity contribution in [1.29, 1.82) is 5.26 Å². The van der Waals surface area contributed by atoms with Crippen molar-refractivity contribution in [3.05, 3.63) is 60.2 Å². The first kappa shape index (κ1) is 10.7. The summed E-state index contributed by atoms with van der Waals surface area (Å²) in [5.41, 5.74) is 6.87. The zero-order valence-corrected chi connectivity index (χ0v) is 9.01. The molecule has 1 aromatic carbocycles. The molecule has 0 saturated carbocycles. The normalized spacial score (nSPS) is 27.6. The van der Waals surface area contributed by atoms with Crippen LogP contribution in [0.2, 0.25) is 0 Å². The summed E-state index contributed by atoms with van der Waals surface area (Å²) in [4.78, 5) is 0. The highest BCUT2D eigenvalue weighted by molar-refractivity contribution is 5.40. The maximum atomic E-state index is 9.00. The van der Waals surface area contributed by atoms with E-state index < -0.39 is 0 Å². The van der Waals surface area contributed by atoms with Gasteiger partial charge in [0, 0.05) is 11.5 Å². The van der Waals surface area contributed by atoms with Crippen LogP contribution in [0, 0.1) is 11.3 Å². The Morgan fingerprint density at radius 3 is 2.62 bits per heavy atom. The first-order chi connectivity index (χ1) is 7.79. The average Bonchev–Trinajstić information content (AvgIpc) is 2.34. The predicted octanol–water partition coefficient (Wildman–Crippen LogP) is 2.29. The van der Waals surface area contributed by atoms with E-state index in [0.717, 1.165) is 5.56 Å². The minimum Gasteiger partial charge on any atom is -0.323 e. The molecular formula is C14H14N2. The lowest BCUT2D eigenvalue weighted by atomic mass is 9.70. The molecule has 0 radical (unpaired) electrons. The predicted molar refractivity (Wildman–Crippen MR) is 64.6 cm³/mol. The van der Waals surface area contributed by atoms with Crippen molar-refractivity contribution in [3.8, 4) is 6.07 Å². The van der Waals surface area contributed by atoms with Gasteiger partial charge in [0.2, 0.25) is 0 Å². The van der Waals surface area contributed by atoms with Crippen LogP contribution >= 0.6 is 0 Å². The van der Waals surface area contributed by atoms with Crippen LogP contribution in [0.15, 0.2) is 54.6 Å². The molecule has 0 fully saturated rings. The number of rotatable bonds is 2. The van der Waals surface area contributed by atoms with Gasteiger partial charge in [-0.2, -0.15) is 5.26 Å². The molecule has 2 N–H and O–H groups in total. The Labute approximate surface area is 95.7 Å². The molecule has 0 bridgehead atoms. The van der Waals surface area contributed by atoms with Gasteiger partial charge in [-0.1, -0.05) is 54.6 Å². The summed E-state index contributed by atoms with van der Waals surface area (Å²) in [6.07, 6.45) is 8.29. The fourth-order valence-electron chi connectivity index (χ4n) is 2.14. The first-order valence-corrected chi connectivity index (χ1v) is 5.34. The van der Waals surface area contributed by atoms with Crippen molar-refractivity contribution in [2.75, 3.05) is 0 Å². The number of hydrogen-bond acceptors (Lipinski definition) is 2. The molecule has 2 heteroatoms.